The van der Waals surface area contributed by atoms with Gasteiger partial charge in [-0.15, -0.1) is 0 Å². The molecule has 1 aromatic carbocycles. The maximum absolute atomic E-state index is 13.0. The van der Waals surface area contributed by atoms with Crippen LogP contribution < -0.4 is 0 Å². The lowest BCUT2D eigenvalue weighted by molar-refractivity contribution is 0.0991. The van der Waals surface area contributed by atoms with Gasteiger partial charge in [0.15, 0.2) is 5.78 Å². The van der Waals surface area contributed by atoms with Crippen molar-refractivity contribution in [1.29, 1.82) is 5.26 Å². The van der Waals surface area contributed by atoms with Crippen LogP contribution in [0.1, 0.15) is 79.3 Å². The van der Waals surface area contributed by atoms with Gasteiger partial charge in [0, 0.05) is 12.6 Å². The normalized spacial score (nSPS) is 20.6. The number of rotatable bonds is 5. The third kappa shape index (κ3) is 4.67. The molecule has 1 saturated carbocycles. The summed E-state index contributed by atoms with van der Waals surface area (Å²) in [6, 6.07) is 14.4. The van der Waals surface area contributed by atoms with Crippen LogP contribution in [0.15, 0.2) is 48.8 Å². The van der Waals surface area contributed by atoms with E-state index in [1.165, 1.54) is 5.56 Å². The first kappa shape index (κ1) is 23.8. The van der Waals surface area contributed by atoms with E-state index < -0.39 is 5.41 Å². The summed E-state index contributed by atoms with van der Waals surface area (Å²) in [7, 11) is 0. The van der Waals surface area contributed by atoms with Gasteiger partial charge < -0.3 is 5.11 Å². The monoisotopic (exact) mass is 456 g/mol. The van der Waals surface area contributed by atoms with Crippen LogP contribution in [0.2, 0.25) is 0 Å². The zero-order valence-corrected chi connectivity index (χ0v) is 20.4. The fraction of sp³-hybridized carbons (Fsp3) is 0.429. The molecule has 0 radical (unpaired) electrons. The number of carbonyl (C=O) groups excluding carboxylic acids is 1. The Morgan fingerprint density at radius 2 is 1.82 bits per heavy atom. The number of nitriles is 1. The predicted octanol–water partition coefficient (Wildman–Crippen LogP) is 4.99. The molecule has 3 aromatic rings. The Morgan fingerprint density at radius 1 is 1.15 bits per heavy atom. The number of carbonyl (C=O) groups is 1. The van der Waals surface area contributed by atoms with E-state index in [2.05, 4.69) is 49.1 Å². The molecule has 0 bridgehead atoms. The van der Waals surface area contributed by atoms with Crippen LogP contribution in [0.4, 0.5) is 0 Å². The maximum Gasteiger partial charge on any atom is 0.170 e. The van der Waals surface area contributed by atoms with Gasteiger partial charge in [0.25, 0.3) is 0 Å². The topological polar surface area (TPSA) is 91.8 Å². The van der Waals surface area contributed by atoms with Crippen molar-refractivity contribution in [2.75, 3.05) is 0 Å². The van der Waals surface area contributed by atoms with Gasteiger partial charge in [0.05, 0.1) is 46.4 Å². The minimum absolute atomic E-state index is 0.0135. The molecule has 0 aliphatic heterocycles. The van der Waals surface area contributed by atoms with E-state index in [1.54, 1.807) is 17.1 Å². The molecule has 34 heavy (non-hydrogen) atoms. The Kier molecular flexibility index (Phi) is 6.42. The first-order chi connectivity index (χ1) is 16.1. The van der Waals surface area contributed by atoms with Crippen LogP contribution in [-0.2, 0) is 17.3 Å². The summed E-state index contributed by atoms with van der Waals surface area (Å²) in [4.78, 5) is 17.6. The van der Waals surface area contributed by atoms with Crippen molar-refractivity contribution in [3.05, 3.63) is 76.9 Å². The van der Waals surface area contributed by atoms with Gasteiger partial charge in [0.1, 0.15) is 0 Å². The highest BCUT2D eigenvalue weighted by Gasteiger charge is 2.38. The molecular weight excluding hydrogens is 424 g/mol. The number of hydrogen-bond acceptors (Lipinski definition) is 5. The van der Waals surface area contributed by atoms with Gasteiger partial charge in [0.2, 0.25) is 0 Å². The number of aliphatic hydroxyl groups excluding tert-OH is 1. The second-order valence-corrected chi connectivity index (χ2v) is 10.4. The molecule has 1 N–H and O–H groups in total. The number of hydrogen-bond donors (Lipinski definition) is 1. The number of aromatic nitrogens is 3. The minimum atomic E-state index is -0.651. The summed E-state index contributed by atoms with van der Waals surface area (Å²) < 4.78 is 1.80. The fourth-order valence-corrected chi connectivity index (χ4v) is 4.66. The number of benzene rings is 1. The molecule has 4 rings (SSSR count). The van der Waals surface area contributed by atoms with Crippen molar-refractivity contribution >= 4 is 5.78 Å². The van der Waals surface area contributed by atoms with Crippen LogP contribution in [-0.4, -0.2) is 31.8 Å². The molecule has 0 saturated heterocycles. The Bertz CT molecular complexity index is 1200. The van der Waals surface area contributed by atoms with Crippen LogP contribution >= 0.6 is 0 Å². The zero-order valence-electron chi connectivity index (χ0n) is 20.4. The maximum atomic E-state index is 13.0. The molecule has 2 heterocycles. The van der Waals surface area contributed by atoms with Gasteiger partial charge >= 0.3 is 0 Å². The van der Waals surface area contributed by atoms with Gasteiger partial charge in [-0.05, 0) is 67.3 Å². The van der Waals surface area contributed by atoms with Gasteiger partial charge in [-0.25, -0.2) is 4.68 Å². The molecule has 0 atom stereocenters. The molecule has 6 heteroatoms. The van der Waals surface area contributed by atoms with E-state index in [0.717, 1.165) is 22.6 Å². The van der Waals surface area contributed by atoms with Gasteiger partial charge in [-0.2, -0.15) is 10.4 Å². The summed E-state index contributed by atoms with van der Waals surface area (Å²) in [6.07, 6.45) is 5.64. The smallest absolute Gasteiger partial charge is 0.170 e. The molecule has 176 valence electrons. The highest BCUT2D eigenvalue weighted by atomic mass is 16.3. The number of Topliss-reactive ketones (excluding diaryl/α,β-unsaturated/α-hetero) is 1. The average Bonchev–Trinajstić information content (AvgIpc) is 3.21. The summed E-state index contributed by atoms with van der Waals surface area (Å²) in [5.74, 6) is -0.0135. The second kappa shape index (κ2) is 9.15. The molecule has 1 aliphatic rings. The minimum Gasteiger partial charge on any atom is -0.393 e. The SMILES string of the molecule is Cc1c(C(=O)Cc2ccc(C3(C#N)CCC(O)CC3)nc2)cnn1-c1ccc(C(C)(C)C)cc1. The molecule has 0 spiro atoms. The van der Waals surface area contributed by atoms with E-state index >= 15 is 0 Å². The van der Waals surface area contributed by atoms with E-state index in [4.69, 9.17) is 0 Å². The van der Waals surface area contributed by atoms with Crippen molar-refractivity contribution in [3.8, 4) is 11.8 Å². The average molecular weight is 457 g/mol. The molecular formula is C28H32N4O2. The van der Waals surface area contributed by atoms with Crippen LogP contribution in [0.5, 0.6) is 0 Å². The standard InChI is InChI=1S/C28H32N4O2/c1-19-24(17-31-32(19)22-8-6-21(7-9-22)27(2,3)4)25(34)15-20-5-10-26(30-16-20)28(18-29)13-11-23(33)12-14-28/h5-10,16-17,23,33H,11-15H2,1-4H3. The lowest BCUT2D eigenvalue weighted by Gasteiger charge is -2.32. The molecule has 0 unspecified atom stereocenters. The number of nitrogens with zero attached hydrogens (tertiary/aromatic N) is 4. The highest BCUT2D eigenvalue weighted by Crippen LogP contribution is 2.38. The fourth-order valence-electron chi connectivity index (χ4n) is 4.66. The highest BCUT2D eigenvalue weighted by molar-refractivity contribution is 5.98. The Labute approximate surface area is 201 Å². The largest absolute Gasteiger partial charge is 0.393 e. The van der Waals surface area contributed by atoms with Crippen LogP contribution in [0.25, 0.3) is 5.69 Å². The first-order valence-electron chi connectivity index (χ1n) is 11.9. The zero-order chi connectivity index (χ0) is 24.5. The summed E-state index contributed by atoms with van der Waals surface area (Å²) in [5.41, 5.74) is 4.53. The van der Waals surface area contributed by atoms with Gasteiger partial charge in [-0.1, -0.05) is 39.0 Å². The lowest BCUT2D eigenvalue weighted by atomic mass is 9.72. The van der Waals surface area contributed by atoms with Crippen LogP contribution in [0.3, 0.4) is 0 Å². The Hall–Kier alpha value is -3.30. The number of ketones is 1. The summed E-state index contributed by atoms with van der Waals surface area (Å²) in [5, 5.41) is 24.1. The predicted molar refractivity (Wildman–Crippen MR) is 131 cm³/mol. The van der Waals surface area contributed by atoms with Crippen LogP contribution in [0, 0.1) is 18.3 Å². The molecule has 1 aliphatic carbocycles. The molecule has 2 aromatic heterocycles. The van der Waals surface area contributed by atoms with Crippen molar-refractivity contribution in [1.82, 2.24) is 14.8 Å². The van der Waals surface area contributed by atoms with E-state index in [1.807, 2.05) is 31.2 Å². The van der Waals surface area contributed by atoms with Crippen molar-refractivity contribution in [3.63, 3.8) is 0 Å². The lowest BCUT2D eigenvalue weighted by Crippen LogP contribution is -2.33. The van der Waals surface area contributed by atoms with Gasteiger partial charge in [-0.3, -0.25) is 9.78 Å². The second-order valence-electron chi connectivity index (χ2n) is 10.4. The van der Waals surface area contributed by atoms with E-state index in [0.29, 0.717) is 31.2 Å². The quantitative estimate of drug-likeness (QED) is 0.546. The Morgan fingerprint density at radius 3 is 2.38 bits per heavy atom. The third-order valence-electron chi connectivity index (χ3n) is 6.99. The third-order valence-corrected chi connectivity index (χ3v) is 6.99. The first-order valence-corrected chi connectivity index (χ1v) is 11.9. The van der Waals surface area contributed by atoms with E-state index in [-0.39, 0.29) is 23.7 Å². The number of aliphatic hydroxyl groups is 1. The summed E-state index contributed by atoms with van der Waals surface area (Å²) >= 11 is 0. The molecule has 0 amide bonds. The molecule has 1 fully saturated rings. The summed E-state index contributed by atoms with van der Waals surface area (Å²) in [6.45, 7) is 8.45. The van der Waals surface area contributed by atoms with Crippen molar-refractivity contribution in [2.24, 2.45) is 0 Å². The van der Waals surface area contributed by atoms with Crippen molar-refractivity contribution < 1.29 is 9.90 Å². The Balaban J connectivity index is 1.48. The van der Waals surface area contributed by atoms with Crippen molar-refractivity contribution in [2.45, 2.75) is 76.7 Å². The molecule has 6 nitrogen and oxygen atoms in total. The van der Waals surface area contributed by atoms with E-state index in [9.17, 15) is 15.2 Å². The number of pyridine rings is 1.